The van der Waals surface area contributed by atoms with E-state index < -0.39 is 0 Å². The third-order valence-corrected chi connectivity index (χ3v) is 7.32. The van der Waals surface area contributed by atoms with Crippen LogP contribution >= 0.6 is 0 Å². The van der Waals surface area contributed by atoms with Gasteiger partial charge in [-0.3, -0.25) is 0 Å². The van der Waals surface area contributed by atoms with E-state index in [-0.39, 0.29) is 8.80 Å². The minimum Gasteiger partial charge on any atom is -0.0794 e. The Hall–Kier alpha value is -0.823. The minimum absolute atomic E-state index is 0.246. The molecule has 1 aromatic rings. The average molecular weight is 257 g/mol. The first-order valence-corrected chi connectivity index (χ1v) is 9.47. The van der Waals surface area contributed by atoms with Gasteiger partial charge >= 0.3 is 0 Å². The fourth-order valence-corrected chi connectivity index (χ4v) is 6.41. The van der Waals surface area contributed by atoms with Crippen molar-refractivity contribution < 1.29 is 0 Å². The predicted octanol–water partition coefficient (Wildman–Crippen LogP) is 5.43. The number of unbranched alkanes of at least 4 members (excludes halogenated alkanes) is 2. The largest absolute Gasteiger partial charge is 0.0794 e. The summed E-state index contributed by atoms with van der Waals surface area (Å²) in [5.74, 6) is 0. The molecular weight excluding hydrogens is 232 g/mol. The molecule has 1 aliphatic rings. The summed E-state index contributed by atoms with van der Waals surface area (Å²) in [5, 5.41) is 0. The maximum absolute atomic E-state index is 2.49. The molecule has 97 valence electrons. The summed E-state index contributed by atoms with van der Waals surface area (Å²) in [7, 11) is -0.246. The lowest BCUT2D eigenvalue weighted by atomic mass is 10.1. The van der Waals surface area contributed by atoms with Gasteiger partial charge in [-0.05, 0) is 16.7 Å². The molecule has 0 fully saturated rings. The second kappa shape index (κ2) is 6.94. The molecule has 1 heteroatoms. The number of benzene rings is 1. The van der Waals surface area contributed by atoms with Crippen molar-refractivity contribution >= 4 is 14.9 Å². The lowest BCUT2D eigenvalue weighted by molar-refractivity contribution is 0.829. The van der Waals surface area contributed by atoms with Crippen molar-refractivity contribution in [2.45, 2.75) is 57.2 Å². The van der Waals surface area contributed by atoms with E-state index >= 15 is 0 Å². The molecule has 1 unspecified atom stereocenters. The standard InChI is InChI=1S/C17H25Si/c1-3-5-13-18(14-6-4-2)17-12-11-15-9-7-8-10-16(15)17/h7-12,17H,3-6,13-14H2,1-2H3. The Kier molecular flexibility index (Phi) is 5.24. The quantitative estimate of drug-likeness (QED) is 0.571. The van der Waals surface area contributed by atoms with Crippen LogP contribution in [0.25, 0.3) is 6.08 Å². The zero-order chi connectivity index (χ0) is 12.8. The highest BCUT2D eigenvalue weighted by Gasteiger charge is 2.26. The Morgan fingerprint density at radius 3 is 2.33 bits per heavy atom. The highest BCUT2D eigenvalue weighted by atomic mass is 28.3. The van der Waals surface area contributed by atoms with Gasteiger partial charge in [-0.1, -0.05) is 88.0 Å². The first-order chi connectivity index (χ1) is 8.86. The molecule has 0 aliphatic heterocycles. The normalized spacial score (nSPS) is 17.4. The molecule has 1 atom stereocenters. The third kappa shape index (κ3) is 3.14. The van der Waals surface area contributed by atoms with Crippen molar-refractivity contribution in [1.82, 2.24) is 0 Å². The monoisotopic (exact) mass is 257 g/mol. The molecule has 0 N–H and O–H groups in total. The SMILES string of the molecule is CCCC[Si](CCCC)C1C=Cc2ccccc21. The molecule has 1 aromatic carbocycles. The fourth-order valence-electron chi connectivity index (χ4n) is 2.85. The van der Waals surface area contributed by atoms with Crippen LogP contribution in [0.4, 0.5) is 0 Å². The van der Waals surface area contributed by atoms with Crippen LogP contribution < -0.4 is 0 Å². The van der Waals surface area contributed by atoms with E-state index in [1.54, 1.807) is 5.56 Å². The maximum atomic E-state index is 2.49. The van der Waals surface area contributed by atoms with Crippen LogP contribution in [0, 0.1) is 0 Å². The van der Waals surface area contributed by atoms with E-state index in [0.717, 1.165) is 5.54 Å². The van der Waals surface area contributed by atoms with E-state index in [0.29, 0.717) is 0 Å². The Bertz CT molecular complexity index is 386. The summed E-state index contributed by atoms with van der Waals surface area (Å²) in [6, 6.07) is 12.0. The first-order valence-electron chi connectivity index (χ1n) is 7.48. The lowest BCUT2D eigenvalue weighted by Crippen LogP contribution is -2.21. The molecule has 0 nitrogen and oxygen atoms in total. The molecule has 0 saturated carbocycles. The molecule has 0 bridgehead atoms. The lowest BCUT2D eigenvalue weighted by Gasteiger charge is -2.22. The first kappa shape index (κ1) is 13.6. The van der Waals surface area contributed by atoms with Crippen molar-refractivity contribution in [3.8, 4) is 0 Å². The van der Waals surface area contributed by atoms with Gasteiger partial charge in [0.2, 0.25) is 0 Å². The van der Waals surface area contributed by atoms with E-state index in [9.17, 15) is 0 Å². The van der Waals surface area contributed by atoms with E-state index in [1.807, 2.05) is 0 Å². The summed E-state index contributed by atoms with van der Waals surface area (Å²) < 4.78 is 0. The Labute approximate surface area is 114 Å². The summed E-state index contributed by atoms with van der Waals surface area (Å²) in [6.07, 6.45) is 10.4. The zero-order valence-corrected chi connectivity index (χ0v) is 12.8. The number of hydrogen-bond donors (Lipinski definition) is 0. The Morgan fingerprint density at radius 2 is 1.67 bits per heavy atom. The topological polar surface area (TPSA) is 0 Å². The van der Waals surface area contributed by atoms with Crippen LogP contribution in [-0.4, -0.2) is 8.80 Å². The van der Waals surface area contributed by atoms with Crippen LogP contribution in [0.15, 0.2) is 30.3 Å². The Balaban J connectivity index is 2.09. The van der Waals surface area contributed by atoms with Crippen molar-refractivity contribution in [3.05, 3.63) is 41.5 Å². The van der Waals surface area contributed by atoms with Crippen LogP contribution in [0.5, 0.6) is 0 Å². The molecule has 1 aliphatic carbocycles. The van der Waals surface area contributed by atoms with Crippen LogP contribution in [0.3, 0.4) is 0 Å². The molecule has 18 heavy (non-hydrogen) atoms. The minimum atomic E-state index is -0.246. The summed E-state index contributed by atoms with van der Waals surface area (Å²) in [5.41, 5.74) is 3.86. The van der Waals surface area contributed by atoms with Gasteiger partial charge in [0.05, 0.1) is 8.80 Å². The van der Waals surface area contributed by atoms with E-state index in [2.05, 4.69) is 50.3 Å². The number of hydrogen-bond acceptors (Lipinski definition) is 0. The van der Waals surface area contributed by atoms with E-state index in [4.69, 9.17) is 0 Å². The van der Waals surface area contributed by atoms with Gasteiger partial charge < -0.3 is 0 Å². The van der Waals surface area contributed by atoms with Crippen molar-refractivity contribution in [3.63, 3.8) is 0 Å². The Morgan fingerprint density at radius 1 is 1.00 bits per heavy atom. The van der Waals surface area contributed by atoms with Crippen LogP contribution in [0.1, 0.15) is 56.2 Å². The van der Waals surface area contributed by atoms with Crippen molar-refractivity contribution in [1.29, 1.82) is 0 Å². The fraction of sp³-hybridized carbons (Fsp3) is 0.529. The maximum Gasteiger partial charge on any atom is 0.0613 e. The molecule has 1 radical (unpaired) electrons. The predicted molar refractivity (Wildman–Crippen MR) is 83.4 cm³/mol. The van der Waals surface area contributed by atoms with Gasteiger partial charge in [-0.15, -0.1) is 0 Å². The highest BCUT2D eigenvalue weighted by Crippen LogP contribution is 2.35. The van der Waals surface area contributed by atoms with Crippen LogP contribution in [0.2, 0.25) is 12.1 Å². The van der Waals surface area contributed by atoms with Gasteiger partial charge in [-0.2, -0.15) is 0 Å². The average Bonchev–Trinajstić information content (AvgIpc) is 2.83. The third-order valence-electron chi connectivity index (χ3n) is 3.94. The number of fused-ring (bicyclic) bond motifs is 1. The van der Waals surface area contributed by atoms with Crippen LogP contribution in [-0.2, 0) is 0 Å². The zero-order valence-electron chi connectivity index (χ0n) is 11.8. The molecule has 0 spiro atoms. The second-order valence-electron chi connectivity index (χ2n) is 5.33. The van der Waals surface area contributed by atoms with Gasteiger partial charge in [0.25, 0.3) is 0 Å². The second-order valence-corrected chi connectivity index (χ2v) is 8.27. The number of allylic oxidation sites excluding steroid dienone is 1. The smallest absolute Gasteiger partial charge is 0.0613 e. The van der Waals surface area contributed by atoms with Gasteiger partial charge in [0.1, 0.15) is 0 Å². The molecule has 0 saturated heterocycles. The molecule has 0 aromatic heterocycles. The van der Waals surface area contributed by atoms with Gasteiger partial charge in [0.15, 0.2) is 0 Å². The summed E-state index contributed by atoms with van der Waals surface area (Å²) in [4.78, 5) is 0. The molecule has 2 rings (SSSR count). The summed E-state index contributed by atoms with van der Waals surface area (Å²) in [6.45, 7) is 4.63. The van der Waals surface area contributed by atoms with Gasteiger partial charge in [0, 0.05) is 0 Å². The highest BCUT2D eigenvalue weighted by molar-refractivity contribution is 6.61. The number of rotatable bonds is 7. The van der Waals surface area contributed by atoms with Crippen molar-refractivity contribution in [2.24, 2.45) is 0 Å². The molecular formula is C17H25Si. The summed E-state index contributed by atoms with van der Waals surface area (Å²) >= 11 is 0. The van der Waals surface area contributed by atoms with E-state index in [1.165, 1.54) is 43.3 Å². The van der Waals surface area contributed by atoms with Crippen molar-refractivity contribution in [2.75, 3.05) is 0 Å². The molecule has 0 amide bonds. The van der Waals surface area contributed by atoms with Gasteiger partial charge in [-0.25, -0.2) is 0 Å². The molecule has 0 heterocycles.